The van der Waals surface area contributed by atoms with Gasteiger partial charge in [0.1, 0.15) is 17.6 Å². The van der Waals surface area contributed by atoms with Crippen LogP contribution in [0.15, 0.2) is 36.5 Å². The number of nitrogens with one attached hydrogen (secondary N) is 1. The Balaban J connectivity index is 1.27. The zero-order valence-corrected chi connectivity index (χ0v) is 17.0. The summed E-state index contributed by atoms with van der Waals surface area (Å²) in [5.74, 6) is 1.84. The molecule has 0 saturated carbocycles. The first-order chi connectivity index (χ1) is 14.7. The molecule has 1 N–H and O–H groups in total. The van der Waals surface area contributed by atoms with Gasteiger partial charge in [-0.25, -0.2) is 4.98 Å². The molecule has 7 heteroatoms. The van der Waals surface area contributed by atoms with Gasteiger partial charge in [-0.05, 0) is 29.3 Å². The third-order valence-electron chi connectivity index (χ3n) is 6.11. The summed E-state index contributed by atoms with van der Waals surface area (Å²) in [5, 5.41) is 12.4. The van der Waals surface area contributed by atoms with Crippen molar-refractivity contribution < 1.29 is 14.2 Å². The van der Waals surface area contributed by atoms with Crippen molar-refractivity contribution >= 4 is 5.82 Å². The molecule has 1 aromatic heterocycles. The highest BCUT2D eigenvalue weighted by molar-refractivity contribution is 5.45. The van der Waals surface area contributed by atoms with E-state index in [1.807, 2.05) is 12.1 Å². The Labute approximate surface area is 176 Å². The summed E-state index contributed by atoms with van der Waals surface area (Å²) in [6.45, 7) is 5.70. The van der Waals surface area contributed by atoms with E-state index in [-0.39, 0.29) is 11.7 Å². The second kappa shape index (κ2) is 8.23. The number of aromatic nitrogens is 1. The molecule has 30 heavy (non-hydrogen) atoms. The van der Waals surface area contributed by atoms with Crippen molar-refractivity contribution in [3.63, 3.8) is 0 Å². The fourth-order valence-electron chi connectivity index (χ4n) is 4.21. The van der Waals surface area contributed by atoms with Crippen LogP contribution in [-0.4, -0.2) is 50.7 Å². The van der Waals surface area contributed by atoms with Gasteiger partial charge in [0.05, 0.1) is 25.4 Å². The zero-order valence-electron chi connectivity index (χ0n) is 17.0. The molecule has 3 aliphatic heterocycles. The molecule has 3 aliphatic rings. The van der Waals surface area contributed by atoms with Gasteiger partial charge < -0.3 is 24.4 Å². The van der Waals surface area contributed by atoms with Gasteiger partial charge in [0, 0.05) is 50.6 Å². The van der Waals surface area contributed by atoms with E-state index in [0.717, 1.165) is 70.4 Å². The van der Waals surface area contributed by atoms with E-state index < -0.39 is 0 Å². The molecular formula is C23H26N4O3. The maximum atomic E-state index is 9.08. The maximum Gasteiger partial charge on any atom is 0.159 e. The third kappa shape index (κ3) is 3.99. The highest BCUT2D eigenvalue weighted by Gasteiger charge is 2.42. The molecule has 1 aromatic carbocycles. The summed E-state index contributed by atoms with van der Waals surface area (Å²) in [6, 6.07) is 12.2. The summed E-state index contributed by atoms with van der Waals surface area (Å²) < 4.78 is 17.6. The molecule has 0 aliphatic carbocycles. The molecule has 156 valence electrons. The van der Waals surface area contributed by atoms with Gasteiger partial charge in [-0.1, -0.05) is 12.1 Å². The Hall–Kier alpha value is -2.66. The largest absolute Gasteiger partial charge is 0.493 e. The Morgan fingerprint density at radius 1 is 1.20 bits per heavy atom. The van der Waals surface area contributed by atoms with Gasteiger partial charge in [0.15, 0.2) is 6.29 Å². The smallest absolute Gasteiger partial charge is 0.159 e. The number of hydrogen-bond donors (Lipinski definition) is 1. The van der Waals surface area contributed by atoms with E-state index in [2.05, 4.69) is 39.5 Å². The quantitative estimate of drug-likeness (QED) is 0.788. The first-order valence-corrected chi connectivity index (χ1v) is 10.5. The van der Waals surface area contributed by atoms with Gasteiger partial charge in [0.25, 0.3) is 0 Å². The molecule has 0 unspecified atom stereocenters. The van der Waals surface area contributed by atoms with Gasteiger partial charge in [-0.2, -0.15) is 5.26 Å². The predicted octanol–water partition coefficient (Wildman–Crippen LogP) is 2.25. The number of anilines is 1. The summed E-state index contributed by atoms with van der Waals surface area (Å²) in [7, 11) is 0. The maximum absolute atomic E-state index is 9.08. The predicted molar refractivity (Wildman–Crippen MR) is 111 cm³/mol. The normalized spacial score (nSPS) is 19.6. The number of nitriles is 1. The van der Waals surface area contributed by atoms with Gasteiger partial charge >= 0.3 is 0 Å². The minimum atomic E-state index is -0.189. The molecule has 7 nitrogen and oxygen atoms in total. The zero-order chi connectivity index (χ0) is 20.4. The van der Waals surface area contributed by atoms with Crippen molar-refractivity contribution in [2.45, 2.75) is 25.7 Å². The lowest BCUT2D eigenvalue weighted by molar-refractivity contribution is -0.239. The van der Waals surface area contributed by atoms with E-state index >= 15 is 0 Å². The van der Waals surface area contributed by atoms with Crippen molar-refractivity contribution in [3.05, 3.63) is 53.2 Å². The first kappa shape index (κ1) is 19.3. The molecule has 0 amide bonds. The average Bonchev–Trinajstić information content (AvgIpc) is 3.24. The summed E-state index contributed by atoms with van der Waals surface area (Å²) in [4.78, 5) is 6.74. The molecule has 0 bridgehead atoms. The fourth-order valence-corrected chi connectivity index (χ4v) is 4.21. The van der Waals surface area contributed by atoms with Crippen LogP contribution >= 0.6 is 0 Å². The second-order valence-electron chi connectivity index (χ2n) is 8.42. The van der Waals surface area contributed by atoms with E-state index in [9.17, 15) is 0 Å². The number of nitrogens with zero attached hydrogens (tertiary/aromatic N) is 3. The number of ether oxygens (including phenoxy) is 3. The molecule has 2 fully saturated rings. The minimum absolute atomic E-state index is 0.178. The number of benzene rings is 1. The molecular weight excluding hydrogens is 380 g/mol. The van der Waals surface area contributed by atoms with Crippen molar-refractivity contribution in [1.82, 2.24) is 10.3 Å². The first-order valence-electron chi connectivity index (χ1n) is 10.5. The van der Waals surface area contributed by atoms with Crippen LogP contribution in [0.25, 0.3) is 0 Å². The van der Waals surface area contributed by atoms with Crippen LogP contribution in [-0.2, 0) is 22.4 Å². The van der Waals surface area contributed by atoms with Crippen molar-refractivity contribution in [1.29, 1.82) is 5.26 Å². The number of rotatable bonds is 6. The average molecular weight is 406 g/mol. The van der Waals surface area contributed by atoms with Crippen molar-refractivity contribution in [2.24, 2.45) is 5.41 Å². The fraction of sp³-hybridized carbons (Fsp3) is 0.478. The Morgan fingerprint density at radius 2 is 2.07 bits per heavy atom. The summed E-state index contributed by atoms with van der Waals surface area (Å²) >= 11 is 0. The summed E-state index contributed by atoms with van der Waals surface area (Å²) in [6.07, 6.45) is 3.16. The van der Waals surface area contributed by atoms with Crippen LogP contribution in [0.4, 0.5) is 5.82 Å². The van der Waals surface area contributed by atoms with Crippen LogP contribution in [0.2, 0.25) is 0 Å². The molecule has 2 saturated heterocycles. The lowest BCUT2D eigenvalue weighted by Gasteiger charge is -2.46. The number of fused-ring (bicyclic) bond motifs is 1. The molecule has 2 aromatic rings. The Kier molecular flexibility index (Phi) is 5.30. The van der Waals surface area contributed by atoms with E-state index in [4.69, 9.17) is 19.5 Å². The number of hydrogen-bond acceptors (Lipinski definition) is 7. The molecule has 5 rings (SSSR count). The molecule has 1 spiro atoms. The van der Waals surface area contributed by atoms with Crippen LogP contribution in [0.1, 0.15) is 23.1 Å². The van der Waals surface area contributed by atoms with Crippen molar-refractivity contribution in [2.75, 3.05) is 44.4 Å². The third-order valence-corrected chi connectivity index (χ3v) is 6.11. The summed E-state index contributed by atoms with van der Waals surface area (Å²) in [5.41, 5.74) is 3.22. The Bertz CT molecular complexity index is 926. The minimum Gasteiger partial charge on any atom is -0.493 e. The molecule has 0 atom stereocenters. The van der Waals surface area contributed by atoms with E-state index in [1.165, 1.54) is 11.1 Å². The van der Waals surface area contributed by atoms with Gasteiger partial charge in [-0.15, -0.1) is 0 Å². The van der Waals surface area contributed by atoms with E-state index in [1.54, 1.807) is 6.20 Å². The highest BCUT2D eigenvalue weighted by atomic mass is 16.7. The van der Waals surface area contributed by atoms with Crippen LogP contribution in [0, 0.1) is 16.7 Å². The lowest BCUT2D eigenvalue weighted by Crippen LogP contribution is -2.61. The van der Waals surface area contributed by atoms with Crippen molar-refractivity contribution in [3.8, 4) is 11.8 Å². The van der Waals surface area contributed by atoms with Crippen LogP contribution < -0.4 is 15.0 Å². The standard InChI is InChI=1S/C23H26N4O3/c24-10-18-2-4-21(26-11-18)27(12-17-1-3-20-19(9-17)6-8-28-20)7-5-22-29-15-23(16-30-22)13-25-14-23/h1-4,9,11,22,25H,5-8,12-16H2. The monoisotopic (exact) mass is 406 g/mol. The lowest BCUT2D eigenvalue weighted by atomic mass is 9.83. The SMILES string of the molecule is N#Cc1ccc(N(CCC2OCC3(CNC3)CO2)Cc2ccc3c(c2)CCO3)nc1. The molecule has 0 radical (unpaired) electrons. The highest BCUT2D eigenvalue weighted by Crippen LogP contribution is 2.30. The topological polar surface area (TPSA) is 79.6 Å². The van der Waals surface area contributed by atoms with Crippen LogP contribution in [0.3, 0.4) is 0 Å². The Morgan fingerprint density at radius 3 is 2.77 bits per heavy atom. The second-order valence-corrected chi connectivity index (χ2v) is 8.42. The van der Waals surface area contributed by atoms with Crippen LogP contribution in [0.5, 0.6) is 5.75 Å². The molecule has 4 heterocycles. The van der Waals surface area contributed by atoms with Gasteiger partial charge in [0.2, 0.25) is 0 Å². The van der Waals surface area contributed by atoms with Gasteiger partial charge in [-0.3, -0.25) is 0 Å². The number of pyridine rings is 1. The van der Waals surface area contributed by atoms with E-state index in [0.29, 0.717) is 5.56 Å².